The number of nitrogens with zero attached hydrogens (tertiary/aromatic N) is 2. The van der Waals surface area contributed by atoms with Crippen molar-refractivity contribution in [3.63, 3.8) is 0 Å². The van der Waals surface area contributed by atoms with Crippen molar-refractivity contribution < 1.29 is 28.7 Å². The first kappa shape index (κ1) is 26.5. The molecule has 0 fully saturated rings. The van der Waals surface area contributed by atoms with E-state index in [4.69, 9.17) is 9.47 Å². The number of amides is 4. The van der Waals surface area contributed by atoms with Crippen LogP contribution in [0.15, 0.2) is 120 Å². The second kappa shape index (κ2) is 10.7. The summed E-state index contributed by atoms with van der Waals surface area (Å²) in [5, 5.41) is 0. The Labute approximate surface area is 241 Å². The second-order valence-electron chi connectivity index (χ2n) is 9.53. The van der Waals surface area contributed by atoms with Gasteiger partial charge in [0, 0.05) is 22.3 Å². The van der Waals surface area contributed by atoms with Crippen molar-refractivity contribution in [1.82, 2.24) is 9.80 Å². The molecule has 4 amide bonds. The molecule has 8 nitrogen and oxygen atoms in total. The molecule has 0 spiro atoms. The average Bonchev–Trinajstić information content (AvgIpc) is 3.52. The zero-order chi connectivity index (χ0) is 29.4. The number of carbonyl (C=O) groups excluding carboxylic acids is 4. The molecule has 0 saturated carbocycles. The molecule has 0 saturated heterocycles. The van der Waals surface area contributed by atoms with E-state index in [1.165, 1.54) is 14.2 Å². The Balaban J connectivity index is 1.65. The van der Waals surface area contributed by atoms with Gasteiger partial charge in [0.2, 0.25) is 0 Å². The molecule has 2 heterocycles. The van der Waals surface area contributed by atoms with Gasteiger partial charge in [-0.05, 0) is 48.5 Å². The highest BCUT2D eigenvalue weighted by Crippen LogP contribution is 2.48. The van der Waals surface area contributed by atoms with E-state index in [0.29, 0.717) is 22.6 Å². The fraction of sp³-hybridized carbons (Fsp3) is 0.0588. The summed E-state index contributed by atoms with van der Waals surface area (Å²) < 4.78 is 10.8. The molecule has 0 aliphatic carbocycles. The van der Waals surface area contributed by atoms with Crippen molar-refractivity contribution >= 4 is 35.0 Å². The van der Waals surface area contributed by atoms with Gasteiger partial charge in [-0.25, -0.2) is 9.80 Å². The van der Waals surface area contributed by atoms with Crippen LogP contribution in [0.2, 0.25) is 0 Å². The summed E-state index contributed by atoms with van der Waals surface area (Å²) in [5.41, 5.74) is 1.42. The molecule has 6 rings (SSSR count). The van der Waals surface area contributed by atoms with Crippen LogP contribution in [-0.4, -0.2) is 47.6 Å². The summed E-state index contributed by atoms with van der Waals surface area (Å²) in [7, 11) is 2.99. The van der Waals surface area contributed by atoms with Gasteiger partial charge in [-0.3, -0.25) is 19.2 Å². The molecular weight excluding hydrogens is 532 g/mol. The van der Waals surface area contributed by atoms with E-state index in [0.717, 1.165) is 9.80 Å². The van der Waals surface area contributed by atoms with Crippen LogP contribution >= 0.6 is 0 Å². The molecule has 8 heteroatoms. The molecule has 0 N–H and O–H groups in total. The van der Waals surface area contributed by atoms with Gasteiger partial charge in [0.15, 0.2) is 0 Å². The highest BCUT2D eigenvalue weighted by Gasteiger charge is 2.52. The first-order valence-electron chi connectivity index (χ1n) is 13.1. The highest BCUT2D eigenvalue weighted by atomic mass is 16.5. The lowest BCUT2D eigenvalue weighted by atomic mass is 10.0. The normalized spacial score (nSPS) is 14.4. The minimum atomic E-state index is -0.716. The number of hydrogen-bond donors (Lipinski definition) is 0. The largest absolute Gasteiger partial charge is 0.497 e. The summed E-state index contributed by atoms with van der Waals surface area (Å²) in [5.74, 6) is -1.71. The van der Waals surface area contributed by atoms with Crippen molar-refractivity contribution in [2.75, 3.05) is 14.2 Å². The summed E-state index contributed by atoms with van der Waals surface area (Å²) >= 11 is 0. The van der Waals surface area contributed by atoms with Gasteiger partial charge in [0.25, 0.3) is 23.6 Å². The average molecular weight is 557 g/mol. The number of rotatable bonds is 6. The summed E-state index contributed by atoms with van der Waals surface area (Å²) in [6.07, 6.45) is 0. The Morgan fingerprint density at radius 2 is 0.905 bits per heavy atom. The van der Waals surface area contributed by atoms with Gasteiger partial charge >= 0.3 is 0 Å². The molecule has 0 atom stereocenters. The van der Waals surface area contributed by atoms with Crippen LogP contribution in [0.1, 0.15) is 31.8 Å². The highest BCUT2D eigenvalue weighted by molar-refractivity contribution is 6.37. The maximum absolute atomic E-state index is 14.4. The quantitative estimate of drug-likeness (QED) is 0.304. The Morgan fingerprint density at radius 1 is 0.524 bits per heavy atom. The minimum Gasteiger partial charge on any atom is -0.497 e. The lowest BCUT2D eigenvalue weighted by Gasteiger charge is -2.24. The molecule has 0 unspecified atom stereocenters. The van der Waals surface area contributed by atoms with Crippen LogP contribution in [0.5, 0.6) is 11.5 Å². The Kier molecular flexibility index (Phi) is 6.72. The van der Waals surface area contributed by atoms with Crippen LogP contribution in [0, 0.1) is 0 Å². The summed E-state index contributed by atoms with van der Waals surface area (Å²) in [4.78, 5) is 58.6. The summed E-state index contributed by atoms with van der Waals surface area (Å²) in [6.45, 7) is 0. The zero-order valence-electron chi connectivity index (χ0n) is 22.7. The Hall–Kier alpha value is -5.76. The van der Waals surface area contributed by atoms with E-state index in [-0.39, 0.29) is 33.7 Å². The third kappa shape index (κ3) is 4.26. The monoisotopic (exact) mass is 556 g/mol. The van der Waals surface area contributed by atoms with Gasteiger partial charge in [0.1, 0.15) is 11.5 Å². The first-order chi connectivity index (χ1) is 20.4. The SMILES string of the molecule is COc1cccc(C2=C3C(=O)N(C(=O)c4ccccc4)C(c4cccc(OC)c4)=C3C(=O)N2C(=O)c2ccccc2)c1. The van der Waals surface area contributed by atoms with Crippen LogP contribution < -0.4 is 9.47 Å². The first-order valence-corrected chi connectivity index (χ1v) is 13.1. The van der Waals surface area contributed by atoms with E-state index in [1.807, 2.05) is 0 Å². The van der Waals surface area contributed by atoms with E-state index < -0.39 is 23.6 Å². The zero-order valence-corrected chi connectivity index (χ0v) is 22.7. The van der Waals surface area contributed by atoms with E-state index >= 15 is 0 Å². The number of fused-ring (bicyclic) bond motifs is 1. The molecule has 42 heavy (non-hydrogen) atoms. The van der Waals surface area contributed by atoms with Crippen molar-refractivity contribution in [2.24, 2.45) is 0 Å². The van der Waals surface area contributed by atoms with Crippen molar-refractivity contribution in [3.05, 3.63) is 143 Å². The van der Waals surface area contributed by atoms with Crippen LogP contribution in [-0.2, 0) is 9.59 Å². The molecule has 4 aromatic rings. The van der Waals surface area contributed by atoms with E-state index in [1.54, 1.807) is 109 Å². The molecule has 0 aromatic heterocycles. The van der Waals surface area contributed by atoms with Crippen molar-refractivity contribution in [2.45, 2.75) is 0 Å². The smallest absolute Gasteiger partial charge is 0.268 e. The predicted molar refractivity (Wildman–Crippen MR) is 155 cm³/mol. The van der Waals surface area contributed by atoms with Gasteiger partial charge in [0.05, 0.1) is 36.8 Å². The van der Waals surface area contributed by atoms with Crippen LogP contribution in [0.3, 0.4) is 0 Å². The number of carbonyl (C=O) groups is 4. The fourth-order valence-electron chi connectivity index (χ4n) is 5.20. The number of benzene rings is 4. The van der Waals surface area contributed by atoms with Crippen LogP contribution in [0.25, 0.3) is 11.4 Å². The maximum Gasteiger partial charge on any atom is 0.268 e. The van der Waals surface area contributed by atoms with Gasteiger partial charge < -0.3 is 9.47 Å². The second-order valence-corrected chi connectivity index (χ2v) is 9.53. The van der Waals surface area contributed by atoms with Gasteiger partial charge in [-0.1, -0.05) is 60.7 Å². The third-order valence-corrected chi connectivity index (χ3v) is 7.14. The molecular formula is C34H24N2O6. The molecule has 4 aromatic carbocycles. The topological polar surface area (TPSA) is 93.2 Å². The van der Waals surface area contributed by atoms with Crippen molar-refractivity contribution in [1.29, 1.82) is 0 Å². The number of ether oxygens (including phenoxy) is 2. The Bertz CT molecular complexity index is 1690. The number of imide groups is 2. The lowest BCUT2D eigenvalue weighted by Crippen LogP contribution is -2.36. The number of methoxy groups -OCH3 is 2. The van der Waals surface area contributed by atoms with Gasteiger partial charge in [-0.2, -0.15) is 0 Å². The standard InChI is InChI=1S/C34H24N2O6/c1-41-25-17-9-15-23(19-25)29-27-28(34(40)35(29)31(37)21-11-5-3-6-12-21)30(24-16-10-18-26(20-24)42-2)36(33(27)39)32(38)22-13-7-4-8-14-22/h3-20H,1-2H3. The third-order valence-electron chi connectivity index (χ3n) is 7.14. The molecule has 0 radical (unpaired) electrons. The predicted octanol–water partition coefficient (Wildman–Crippen LogP) is 5.19. The minimum absolute atomic E-state index is 0.0420. The van der Waals surface area contributed by atoms with Crippen molar-refractivity contribution in [3.8, 4) is 11.5 Å². The van der Waals surface area contributed by atoms with E-state index in [2.05, 4.69) is 0 Å². The van der Waals surface area contributed by atoms with Crippen LogP contribution in [0.4, 0.5) is 0 Å². The molecule has 2 aliphatic rings. The lowest BCUT2D eigenvalue weighted by molar-refractivity contribution is -0.122. The van der Waals surface area contributed by atoms with Gasteiger partial charge in [-0.15, -0.1) is 0 Å². The number of hydrogen-bond acceptors (Lipinski definition) is 6. The molecule has 206 valence electrons. The Morgan fingerprint density at radius 3 is 1.26 bits per heavy atom. The summed E-state index contributed by atoms with van der Waals surface area (Å²) in [6, 6.07) is 30.2. The maximum atomic E-state index is 14.4. The molecule has 2 aliphatic heterocycles. The van der Waals surface area contributed by atoms with E-state index in [9.17, 15) is 19.2 Å². The fourth-order valence-corrected chi connectivity index (χ4v) is 5.20. The molecule has 0 bridgehead atoms.